The second-order valence-electron chi connectivity index (χ2n) is 9.02. The zero-order valence-electron chi connectivity index (χ0n) is 21.0. The Labute approximate surface area is 216 Å². The molecule has 37 heavy (non-hydrogen) atoms. The van der Waals surface area contributed by atoms with Crippen LogP contribution in [-0.4, -0.2) is 62.6 Å². The average Bonchev–Trinajstić information content (AvgIpc) is 3.18. The van der Waals surface area contributed by atoms with Gasteiger partial charge < -0.3 is 19.3 Å². The van der Waals surface area contributed by atoms with Crippen LogP contribution in [0, 0.1) is 0 Å². The van der Waals surface area contributed by atoms with Gasteiger partial charge in [-0.1, -0.05) is 18.2 Å². The molecule has 0 radical (unpaired) electrons. The van der Waals surface area contributed by atoms with Gasteiger partial charge in [0.15, 0.2) is 0 Å². The topological polar surface area (TPSA) is 79.4 Å². The highest BCUT2D eigenvalue weighted by Gasteiger charge is 2.37. The third-order valence-electron chi connectivity index (χ3n) is 6.64. The van der Waals surface area contributed by atoms with Crippen molar-refractivity contribution in [3.63, 3.8) is 0 Å². The lowest BCUT2D eigenvalue weighted by Gasteiger charge is -2.31. The third kappa shape index (κ3) is 4.80. The molecule has 2 aliphatic rings. The normalized spacial score (nSPS) is 15.1. The van der Waals surface area contributed by atoms with Crippen molar-refractivity contribution >= 4 is 29.1 Å². The molecule has 0 bridgehead atoms. The first-order chi connectivity index (χ1) is 18.0. The number of amides is 3. The standard InChI is InChI=1S/C29H29N3O5/c1-3-37-23-11-9-22(10-12-23)32-28(34)24-13-8-20(18-25(24)29(32)35)27(33)30(2)19-21-6-4-5-7-26(21)31-14-16-36-17-15-31/h4-13,18H,3,14-17,19H2,1-2H3. The van der Waals surface area contributed by atoms with Crippen molar-refractivity contribution in [3.05, 3.63) is 89.0 Å². The molecule has 3 amide bonds. The largest absolute Gasteiger partial charge is 0.494 e. The number of nitrogens with zero attached hydrogens (tertiary/aromatic N) is 3. The van der Waals surface area contributed by atoms with E-state index in [2.05, 4.69) is 11.0 Å². The van der Waals surface area contributed by atoms with Crippen LogP contribution in [0.4, 0.5) is 11.4 Å². The molecule has 0 spiro atoms. The summed E-state index contributed by atoms with van der Waals surface area (Å²) in [5, 5.41) is 0. The number of ether oxygens (including phenoxy) is 2. The molecule has 0 N–H and O–H groups in total. The van der Waals surface area contributed by atoms with E-state index >= 15 is 0 Å². The van der Waals surface area contributed by atoms with Crippen LogP contribution in [0.3, 0.4) is 0 Å². The quantitative estimate of drug-likeness (QED) is 0.458. The monoisotopic (exact) mass is 499 g/mol. The van der Waals surface area contributed by atoms with Gasteiger partial charge in [0.1, 0.15) is 5.75 Å². The van der Waals surface area contributed by atoms with E-state index in [0.29, 0.717) is 43.4 Å². The highest BCUT2D eigenvalue weighted by atomic mass is 16.5. The Balaban J connectivity index is 1.34. The molecular formula is C29H29N3O5. The number of carbonyl (C=O) groups excluding carboxylic acids is 3. The summed E-state index contributed by atoms with van der Waals surface area (Å²) in [6.45, 7) is 5.79. The smallest absolute Gasteiger partial charge is 0.266 e. The summed E-state index contributed by atoms with van der Waals surface area (Å²) < 4.78 is 10.9. The first-order valence-electron chi connectivity index (χ1n) is 12.4. The van der Waals surface area contributed by atoms with E-state index < -0.39 is 11.8 Å². The van der Waals surface area contributed by atoms with Crippen molar-refractivity contribution in [2.75, 3.05) is 49.8 Å². The lowest BCUT2D eigenvalue weighted by atomic mass is 10.0. The van der Waals surface area contributed by atoms with E-state index in [9.17, 15) is 14.4 Å². The maximum atomic E-state index is 13.3. The average molecular weight is 500 g/mol. The van der Waals surface area contributed by atoms with Crippen LogP contribution >= 0.6 is 0 Å². The van der Waals surface area contributed by atoms with Crippen molar-refractivity contribution in [2.24, 2.45) is 0 Å². The Bertz CT molecular complexity index is 1330. The Morgan fingerprint density at radius 3 is 2.38 bits per heavy atom. The van der Waals surface area contributed by atoms with Crippen molar-refractivity contribution in [3.8, 4) is 5.75 Å². The van der Waals surface area contributed by atoms with Gasteiger partial charge in [-0.05, 0) is 61.0 Å². The van der Waals surface area contributed by atoms with Gasteiger partial charge in [0.2, 0.25) is 0 Å². The molecule has 3 aromatic rings. The summed E-state index contributed by atoms with van der Waals surface area (Å²) in [5.74, 6) is -0.414. The second kappa shape index (κ2) is 10.4. The Hall–Kier alpha value is -4.17. The molecule has 2 heterocycles. The molecule has 2 aliphatic heterocycles. The summed E-state index contributed by atoms with van der Waals surface area (Å²) in [5.41, 5.74) is 3.46. The number of fused-ring (bicyclic) bond motifs is 1. The van der Waals surface area contributed by atoms with Crippen molar-refractivity contribution in [1.82, 2.24) is 4.90 Å². The molecule has 190 valence electrons. The maximum absolute atomic E-state index is 13.3. The highest BCUT2D eigenvalue weighted by Crippen LogP contribution is 2.31. The fraction of sp³-hybridized carbons (Fsp3) is 0.276. The zero-order valence-corrected chi connectivity index (χ0v) is 21.0. The van der Waals surface area contributed by atoms with Crippen LogP contribution in [0.2, 0.25) is 0 Å². The summed E-state index contributed by atoms with van der Waals surface area (Å²) in [6.07, 6.45) is 0. The lowest BCUT2D eigenvalue weighted by Crippen LogP contribution is -2.37. The van der Waals surface area contributed by atoms with Gasteiger partial charge in [0, 0.05) is 37.9 Å². The number of hydrogen-bond donors (Lipinski definition) is 0. The zero-order chi connectivity index (χ0) is 25.9. The van der Waals surface area contributed by atoms with E-state index in [1.54, 1.807) is 48.3 Å². The summed E-state index contributed by atoms with van der Waals surface area (Å²) in [6, 6.07) is 19.5. The minimum absolute atomic E-state index is 0.223. The second-order valence-corrected chi connectivity index (χ2v) is 9.02. The predicted molar refractivity (Wildman–Crippen MR) is 140 cm³/mol. The van der Waals surface area contributed by atoms with Gasteiger partial charge in [0.25, 0.3) is 17.7 Å². The van der Waals surface area contributed by atoms with Gasteiger partial charge in [-0.25, -0.2) is 4.90 Å². The fourth-order valence-electron chi connectivity index (χ4n) is 4.77. The van der Waals surface area contributed by atoms with Gasteiger partial charge >= 0.3 is 0 Å². The van der Waals surface area contributed by atoms with Crippen molar-refractivity contribution in [1.29, 1.82) is 0 Å². The number of rotatable bonds is 7. The molecule has 0 atom stereocenters. The summed E-state index contributed by atoms with van der Waals surface area (Å²) in [4.78, 5) is 44.6. The molecule has 0 aromatic heterocycles. The number of benzene rings is 3. The first kappa shape index (κ1) is 24.5. The van der Waals surface area contributed by atoms with Crippen LogP contribution in [0.5, 0.6) is 5.75 Å². The molecule has 5 rings (SSSR count). The molecule has 0 saturated carbocycles. The number of para-hydroxylation sites is 1. The Morgan fingerprint density at radius 2 is 1.65 bits per heavy atom. The Kier molecular flexibility index (Phi) is 6.92. The molecule has 3 aromatic carbocycles. The van der Waals surface area contributed by atoms with Gasteiger partial charge in [0.05, 0.1) is 36.6 Å². The van der Waals surface area contributed by atoms with Crippen LogP contribution < -0.4 is 14.5 Å². The number of carbonyl (C=O) groups is 3. The van der Waals surface area contributed by atoms with Gasteiger partial charge in [-0.15, -0.1) is 0 Å². The van der Waals surface area contributed by atoms with Crippen LogP contribution in [0.1, 0.15) is 43.6 Å². The Morgan fingerprint density at radius 1 is 0.946 bits per heavy atom. The third-order valence-corrected chi connectivity index (χ3v) is 6.64. The van der Waals surface area contributed by atoms with E-state index in [1.165, 1.54) is 6.07 Å². The van der Waals surface area contributed by atoms with E-state index in [0.717, 1.165) is 29.2 Å². The highest BCUT2D eigenvalue weighted by molar-refractivity contribution is 6.34. The molecule has 1 saturated heterocycles. The van der Waals surface area contributed by atoms with Crippen molar-refractivity contribution < 1.29 is 23.9 Å². The minimum Gasteiger partial charge on any atom is -0.494 e. The van der Waals surface area contributed by atoms with E-state index in [4.69, 9.17) is 9.47 Å². The molecule has 0 aliphatic carbocycles. The van der Waals surface area contributed by atoms with Crippen molar-refractivity contribution in [2.45, 2.75) is 13.5 Å². The maximum Gasteiger partial charge on any atom is 0.266 e. The predicted octanol–water partition coefficient (Wildman–Crippen LogP) is 3.99. The number of morpholine rings is 1. The molecule has 8 heteroatoms. The van der Waals surface area contributed by atoms with E-state index in [1.807, 2.05) is 25.1 Å². The summed E-state index contributed by atoms with van der Waals surface area (Å²) >= 11 is 0. The van der Waals surface area contributed by atoms with Crippen LogP contribution in [0.15, 0.2) is 66.7 Å². The number of imide groups is 1. The molecule has 8 nitrogen and oxygen atoms in total. The van der Waals surface area contributed by atoms with E-state index in [-0.39, 0.29) is 17.0 Å². The number of hydrogen-bond acceptors (Lipinski definition) is 6. The fourth-order valence-corrected chi connectivity index (χ4v) is 4.77. The summed E-state index contributed by atoms with van der Waals surface area (Å²) in [7, 11) is 1.74. The van der Waals surface area contributed by atoms with Crippen LogP contribution in [0.25, 0.3) is 0 Å². The first-order valence-corrected chi connectivity index (χ1v) is 12.4. The number of anilines is 2. The molecular weight excluding hydrogens is 470 g/mol. The lowest BCUT2D eigenvalue weighted by molar-refractivity contribution is 0.0784. The van der Waals surface area contributed by atoms with Gasteiger partial charge in [-0.2, -0.15) is 0 Å². The van der Waals surface area contributed by atoms with Gasteiger partial charge in [-0.3, -0.25) is 14.4 Å². The molecule has 1 fully saturated rings. The SMILES string of the molecule is CCOc1ccc(N2C(=O)c3ccc(C(=O)N(C)Cc4ccccc4N4CCOCC4)cc3C2=O)cc1. The minimum atomic E-state index is -0.445. The van der Waals surface area contributed by atoms with Crippen LogP contribution in [-0.2, 0) is 11.3 Å². The molecule has 0 unspecified atom stereocenters.